The molecule has 0 spiro atoms. The molecule has 3 heterocycles. The Kier molecular flexibility index (Phi) is 7.79. The molecule has 0 radical (unpaired) electrons. The number of hydrogen-bond donors (Lipinski definition) is 0. The molecular formula is C58H43N3. The quantitative estimate of drug-likeness (QED) is 0.165. The third kappa shape index (κ3) is 5.51. The fraction of sp³-hybridized carbons (Fsp3) is 0.0690. The summed E-state index contributed by atoms with van der Waals surface area (Å²) in [5.74, 6) is 0. The summed E-state index contributed by atoms with van der Waals surface area (Å²) in [5.41, 5.74) is 17.0. The zero-order valence-electron chi connectivity index (χ0n) is 34.5. The van der Waals surface area contributed by atoms with E-state index in [-0.39, 0.29) is 5.41 Å². The van der Waals surface area contributed by atoms with Gasteiger partial charge < -0.3 is 13.7 Å². The second kappa shape index (κ2) is 13.5. The van der Waals surface area contributed by atoms with Crippen LogP contribution in [0.3, 0.4) is 0 Å². The Bertz CT molecular complexity index is 3650. The van der Waals surface area contributed by atoms with Crippen LogP contribution < -0.4 is 0 Å². The average Bonchev–Trinajstić information content (AvgIpc) is 3.94. The van der Waals surface area contributed by atoms with Gasteiger partial charge in [0.15, 0.2) is 0 Å². The smallest absolute Gasteiger partial charge is 0.0548 e. The molecular weight excluding hydrogens is 739 g/mol. The Morgan fingerprint density at radius 3 is 1.31 bits per heavy atom. The Labute approximate surface area is 355 Å². The van der Waals surface area contributed by atoms with Crippen LogP contribution in [0.4, 0.5) is 0 Å². The first-order chi connectivity index (χ1) is 29.9. The monoisotopic (exact) mass is 781 g/mol. The van der Waals surface area contributed by atoms with Crippen LogP contribution in [0, 0.1) is 0 Å². The van der Waals surface area contributed by atoms with Crippen LogP contribution in [-0.2, 0) is 5.41 Å². The lowest BCUT2D eigenvalue weighted by atomic mass is 9.86. The van der Waals surface area contributed by atoms with Crippen molar-refractivity contribution in [1.29, 1.82) is 0 Å². The molecule has 0 aliphatic heterocycles. The molecule has 0 saturated heterocycles. The molecule has 3 nitrogen and oxygen atoms in total. The van der Waals surface area contributed by atoms with E-state index in [1.54, 1.807) is 0 Å². The first-order valence-electron chi connectivity index (χ1n) is 21.3. The second-order valence-electron chi connectivity index (χ2n) is 17.4. The fourth-order valence-corrected chi connectivity index (χ4v) is 9.87. The summed E-state index contributed by atoms with van der Waals surface area (Å²) in [7, 11) is 0. The van der Waals surface area contributed by atoms with Crippen molar-refractivity contribution in [3.8, 4) is 39.3 Å². The lowest BCUT2D eigenvalue weighted by Crippen LogP contribution is -2.10. The number of nitrogens with zero attached hydrogens (tertiary/aromatic N) is 3. The van der Waals surface area contributed by atoms with Crippen molar-refractivity contribution in [3.63, 3.8) is 0 Å². The van der Waals surface area contributed by atoms with Gasteiger partial charge in [0.1, 0.15) is 0 Å². The highest BCUT2D eigenvalue weighted by atomic mass is 15.0. The van der Waals surface area contributed by atoms with E-state index in [9.17, 15) is 0 Å². The van der Waals surface area contributed by atoms with Gasteiger partial charge in [-0.1, -0.05) is 154 Å². The third-order valence-corrected chi connectivity index (χ3v) is 12.8. The van der Waals surface area contributed by atoms with E-state index in [2.05, 4.69) is 241 Å². The maximum absolute atomic E-state index is 2.47. The van der Waals surface area contributed by atoms with Gasteiger partial charge in [-0.3, -0.25) is 0 Å². The summed E-state index contributed by atoms with van der Waals surface area (Å²) >= 11 is 0. The second-order valence-corrected chi connectivity index (χ2v) is 17.4. The van der Waals surface area contributed by atoms with E-state index >= 15 is 0 Å². The van der Waals surface area contributed by atoms with E-state index in [1.807, 2.05) is 0 Å². The number of benzene rings is 9. The molecule has 0 fully saturated rings. The number of hydrogen-bond acceptors (Lipinski definition) is 0. The zero-order chi connectivity index (χ0) is 40.8. The molecule has 0 amide bonds. The molecule has 0 atom stereocenters. The highest BCUT2D eigenvalue weighted by Gasteiger charge is 2.22. The largest absolute Gasteiger partial charge is 0.309 e. The maximum atomic E-state index is 2.47. The summed E-state index contributed by atoms with van der Waals surface area (Å²) in [4.78, 5) is 0. The van der Waals surface area contributed by atoms with Gasteiger partial charge in [-0.05, 0) is 106 Å². The van der Waals surface area contributed by atoms with Gasteiger partial charge in [0.2, 0.25) is 0 Å². The van der Waals surface area contributed by atoms with E-state index in [0.717, 1.165) is 17.1 Å². The third-order valence-electron chi connectivity index (χ3n) is 12.8. The average molecular weight is 782 g/mol. The minimum atomic E-state index is 0.130. The van der Waals surface area contributed by atoms with E-state index in [1.165, 1.54) is 93.2 Å². The van der Waals surface area contributed by atoms with Crippen molar-refractivity contribution in [1.82, 2.24) is 13.7 Å². The number of aromatic nitrogens is 3. The Balaban J connectivity index is 1.03. The van der Waals surface area contributed by atoms with Gasteiger partial charge in [-0.15, -0.1) is 0 Å². The highest BCUT2D eigenvalue weighted by Crippen LogP contribution is 2.43. The number of para-hydroxylation sites is 3. The molecule has 0 saturated carbocycles. The van der Waals surface area contributed by atoms with Crippen LogP contribution in [0.2, 0.25) is 0 Å². The number of fused-ring (bicyclic) bond motifs is 10. The summed E-state index contributed by atoms with van der Waals surface area (Å²) in [6.07, 6.45) is 0. The first-order valence-corrected chi connectivity index (χ1v) is 21.3. The van der Waals surface area contributed by atoms with Gasteiger partial charge >= 0.3 is 0 Å². The summed E-state index contributed by atoms with van der Waals surface area (Å²) in [5, 5.41) is 7.53. The van der Waals surface area contributed by atoms with Crippen molar-refractivity contribution in [3.05, 3.63) is 212 Å². The maximum Gasteiger partial charge on any atom is 0.0548 e. The van der Waals surface area contributed by atoms with Crippen LogP contribution >= 0.6 is 0 Å². The van der Waals surface area contributed by atoms with Crippen molar-refractivity contribution in [2.45, 2.75) is 26.2 Å². The minimum Gasteiger partial charge on any atom is -0.309 e. The van der Waals surface area contributed by atoms with Gasteiger partial charge in [-0.2, -0.15) is 0 Å². The predicted octanol–water partition coefficient (Wildman–Crippen LogP) is 15.6. The molecule has 12 aromatic rings. The Hall–Kier alpha value is -7.62. The molecule has 0 unspecified atom stereocenters. The SMILES string of the molecule is CC(C)(C)c1ccc(-c2ccc(-n3c4ccccc4c4cc(-n5c6ccccc6c6c7c8ccccc8n(-c8cccc(-c9ccccc9)c8)c7ccc65)ccc43)cc2)cc1. The topological polar surface area (TPSA) is 14.8 Å². The van der Waals surface area contributed by atoms with E-state index < -0.39 is 0 Å². The van der Waals surface area contributed by atoms with Crippen molar-refractivity contribution >= 4 is 65.4 Å². The van der Waals surface area contributed by atoms with Crippen LogP contribution in [0.15, 0.2) is 206 Å². The molecule has 0 N–H and O–H groups in total. The molecule has 290 valence electrons. The minimum absolute atomic E-state index is 0.130. The summed E-state index contributed by atoms with van der Waals surface area (Å²) < 4.78 is 7.33. The van der Waals surface area contributed by atoms with E-state index in [4.69, 9.17) is 0 Å². The van der Waals surface area contributed by atoms with Crippen LogP contribution in [-0.4, -0.2) is 13.7 Å². The van der Waals surface area contributed by atoms with Gasteiger partial charge in [0.05, 0.1) is 33.1 Å². The molecule has 12 rings (SSSR count). The lowest BCUT2D eigenvalue weighted by Gasteiger charge is -2.19. The molecule has 0 aliphatic rings. The van der Waals surface area contributed by atoms with Crippen LogP contribution in [0.1, 0.15) is 26.3 Å². The van der Waals surface area contributed by atoms with E-state index in [0.29, 0.717) is 0 Å². The number of rotatable bonds is 5. The fourth-order valence-electron chi connectivity index (χ4n) is 9.87. The summed E-state index contributed by atoms with van der Waals surface area (Å²) in [6, 6.07) is 75.9. The van der Waals surface area contributed by atoms with Crippen molar-refractivity contribution in [2.24, 2.45) is 0 Å². The van der Waals surface area contributed by atoms with Crippen molar-refractivity contribution < 1.29 is 0 Å². The van der Waals surface area contributed by atoms with Crippen molar-refractivity contribution in [2.75, 3.05) is 0 Å². The van der Waals surface area contributed by atoms with Crippen LogP contribution in [0.5, 0.6) is 0 Å². The van der Waals surface area contributed by atoms with Gasteiger partial charge in [-0.25, -0.2) is 0 Å². The Morgan fingerprint density at radius 1 is 0.279 bits per heavy atom. The molecule has 61 heavy (non-hydrogen) atoms. The molecule has 3 aromatic heterocycles. The molecule has 3 heteroatoms. The first kappa shape index (κ1) is 35.3. The van der Waals surface area contributed by atoms with Gasteiger partial charge in [0.25, 0.3) is 0 Å². The molecule has 0 bridgehead atoms. The highest BCUT2D eigenvalue weighted by molar-refractivity contribution is 6.29. The van der Waals surface area contributed by atoms with Crippen LogP contribution in [0.25, 0.3) is 105 Å². The standard InChI is InChI=1S/C58H43N3/c1-58(2,3)42-28-24-39(25-29-42)40-26-30-43(31-27-40)59-50-21-10-7-18-46(50)49-37-45(32-33-53(49)59)61-52-23-12-9-20-48(52)57-55(61)35-34-54-56(57)47-19-8-11-22-51(47)60(54)44-17-13-16-41(36-44)38-14-5-4-6-15-38/h4-37H,1-3H3. The Morgan fingerprint density at radius 2 is 0.705 bits per heavy atom. The molecule has 9 aromatic carbocycles. The lowest BCUT2D eigenvalue weighted by molar-refractivity contribution is 0.590. The molecule has 0 aliphatic carbocycles. The zero-order valence-corrected chi connectivity index (χ0v) is 34.5. The normalized spacial score (nSPS) is 12.2. The predicted molar refractivity (Wildman–Crippen MR) is 259 cm³/mol. The van der Waals surface area contributed by atoms with Gasteiger partial charge in [0, 0.05) is 49.4 Å². The summed E-state index contributed by atoms with van der Waals surface area (Å²) in [6.45, 7) is 6.79.